The molecule has 0 saturated heterocycles. The number of benzene rings is 2. The summed E-state index contributed by atoms with van der Waals surface area (Å²) < 4.78 is 3.13. The highest BCUT2D eigenvalue weighted by atomic mass is 127. The van der Waals surface area contributed by atoms with Crippen molar-refractivity contribution in [1.29, 1.82) is 0 Å². The highest BCUT2D eigenvalue weighted by Crippen LogP contribution is 2.24. The standard InChI is InChI=1S/C16H15IN2O/c1-19-14-9-5-4-8-13(14)18-16(19)10-15(20)11-6-2-3-7-12(11)17/h2-9,15,20H,10H2,1H3. The first-order chi connectivity index (χ1) is 9.66. The van der Waals surface area contributed by atoms with Crippen LogP contribution >= 0.6 is 22.6 Å². The van der Waals surface area contributed by atoms with Gasteiger partial charge >= 0.3 is 0 Å². The molecule has 0 amide bonds. The fourth-order valence-electron chi connectivity index (χ4n) is 2.41. The maximum Gasteiger partial charge on any atom is 0.112 e. The highest BCUT2D eigenvalue weighted by molar-refractivity contribution is 14.1. The Kier molecular flexibility index (Phi) is 3.76. The van der Waals surface area contributed by atoms with Gasteiger partial charge in [0.05, 0.1) is 17.1 Å². The quantitative estimate of drug-likeness (QED) is 0.709. The summed E-state index contributed by atoms with van der Waals surface area (Å²) in [6, 6.07) is 15.9. The van der Waals surface area contributed by atoms with Crippen molar-refractivity contribution < 1.29 is 5.11 Å². The number of aromatic nitrogens is 2. The van der Waals surface area contributed by atoms with Crippen LogP contribution in [0.15, 0.2) is 48.5 Å². The Morgan fingerprint density at radius 1 is 1.15 bits per heavy atom. The van der Waals surface area contributed by atoms with E-state index in [1.54, 1.807) is 0 Å². The monoisotopic (exact) mass is 378 g/mol. The van der Waals surface area contributed by atoms with E-state index in [9.17, 15) is 5.11 Å². The molecule has 0 radical (unpaired) electrons. The Morgan fingerprint density at radius 2 is 1.85 bits per heavy atom. The van der Waals surface area contributed by atoms with Crippen LogP contribution in [0.3, 0.4) is 0 Å². The summed E-state index contributed by atoms with van der Waals surface area (Å²) in [6.45, 7) is 0. The SMILES string of the molecule is Cn1c(CC(O)c2ccccc2I)nc2ccccc21. The van der Waals surface area contributed by atoms with Gasteiger partial charge in [0.25, 0.3) is 0 Å². The van der Waals surface area contributed by atoms with E-state index in [0.29, 0.717) is 6.42 Å². The van der Waals surface area contributed by atoms with E-state index in [4.69, 9.17) is 0 Å². The molecular formula is C16H15IN2O. The van der Waals surface area contributed by atoms with E-state index in [1.807, 2.05) is 60.1 Å². The molecule has 20 heavy (non-hydrogen) atoms. The van der Waals surface area contributed by atoms with Gasteiger partial charge in [-0.25, -0.2) is 4.98 Å². The van der Waals surface area contributed by atoms with Gasteiger partial charge in [0, 0.05) is 17.0 Å². The zero-order valence-corrected chi connectivity index (χ0v) is 13.3. The molecule has 1 unspecified atom stereocenters. The number of aliphatic hydroxyl groups excluding tert-OH is 1. The summed E-state index contributed by atoms with van der Waals surface area (Å²) in [7, 11) is 1.99. The zero-order chi connectivity index (χ0) is 14.1. The molecule has 0 aliphatic heterocycles. The number of hydrogen-bond donors (Lipinski definition) is 1. The fourth-order valence-corrected chi connectivity index (χ4v) is 3.15. The van der Waals surface area contributed by atoms with E-state index in [1.165, 1.54) is 0 Å². The van der Waals surface area contributed by atoms with Crippen molar-refractivity contribution in [2.45, 2.75) is 12.5 Å². The van der Waals surface area contributed by atoms with Crippen LogP contribution in [0.4, 0.5) is 0 Å². The van der Waals surface area contributed by atoms with Crippen LogP contribution in [0.1, 0.15) is 17.5 Å². The number of hydrogen-bond acceptors (Lipinski definition) is 2. The van der Waals surface area contributed by atoms with Crippen LogP contribution in [-0.4, -0.2) is 14.7 Å². The van der Waals surface area contributed by atoms with Gasteiger partial charge in [-0.2, -0.15) is 0 Å². The van der Waals surface area contributed by atoms with Crippen LogP contribution in [0.2, 0.25) is 0 Å². The normalized spacial score (nSPS) is 12.8. The first-order valence-corrected chi connectivity index (χ1v) is 7.57. The number of rotatable bonds is 3. The number of para-hydroxylation sites is 2. The number of aryl methyl sites for hydroxylation is 1. The molecule has 102 valence electrons. The van der Waals surface area contributed by atoms with Crippen molar-refractivity contribution in [3.8, 4) is 0 Å². The summed E-state index contributed by atoms with van der Waals surface area (Å²) >= 11 is 2.25. The topological polar surface area (TPSA) is 38.0 Å². The fraction of sp³-hybridized carbons (Fsp3) is 0.188. The van der Waals surface area contributed by atoms with Crippen molar-refractivity contribution in [3.63, 3.8) is 0 Å². The second-order valence-electron chi connectivity index (χ2n) is 4.82. The lowest BCUT2D eigenvalue weighted by atomic mass is 10.1. The lowest BCUT2D eigenvalue weighted by Crippen LogP contribution is -2.08. The average molecular weight is 378 g/mol. The van der Waals surface area contributed by atoms with Gasteiger partial charge in [-0.1, -0.05) is 30.3 Å². The Morgan fingerprint density at radius 3 is 2.60 bits per heavy atom. The molecule has 0 aliphatic carbocycles. The smallest absolute Gasteiger partial charge is 0.112 e. The molecule has 4 heteroatoms. The number of nitrogens with zero attached hydrogens (tertiary/aromatic N) is 2. The molecule has 3 rings (SSSR count). The molecule has 0 spiro atoms. The van der Waals surface area contributed by atoms with Gasteiger partial charge in [0.1, 0.15) is 5.82 Å². The van der Waals surface area contributed by atoms with Gasteiger partial charge in [-0.3, -0.25) is 0 Å². The lowest BCUT2D eigenvalue weighted by Gasteiger charge is -2.12. The van der Waals surface area contributed by atoms with E-state index in [0.717, 1.165) is 26.0 Å². The summed E-state index contributed by atoms with van der Waals surface area (Å²) in [6.07, 6.45) is -0.0100. The van der Waals surface area contributed by atoms with E-state index in [2.05, 4.69) is 27.6 Å². The predicted octanol–water partition coefficient (Wildman–Crippen LogP) is 3.45. The molecule has 0 fully saturated rings. The Hall–Kier alpha value is -1.40. The van der Waals surface area contributed by atoms with Crippen LogP contribution < -0.4 is 0 Å². The van der Waals surface area contributed by atoms with Gasteiger partial charge in [-0.15, -0.1) is 0 Å². The van der Waals surface area contributed by atoms with Crippen molar-refractivity contribution in [1.82, 2.24) is 9.55 Å². The molecule has 2 aromatic carbocycles. The molecule has 1 atom stereocenters. The summed E-state index contributed by atoms with van der Waals surface area (Å²) in [5, 5.41) is 10.4. The van der Waals surface area contributed by atoms with Crippen LogP contribution in [0.5, 0.6) is 0 Å². The molecule has 0 saturated carbocycles. The third kappa shape index (κ3) is 2.45. The molecule has 0 bridgehead atoms. The molecule has 3 nitrogen and oxygen atoms in total. The van der Waals surface area contributed by atoms with Crippen molar-refractivity contribution in [2.24, 2.45) is 7.05 Å². The maximum absolute atomic E-state index is 10.4. The van der Waals surface area contributed by atoms with Gasteiger partial charge in [0.2, 0.25) is 0 Å². The average Bonchev–Trinajstić information content (AvgIpc) is 2.76. The number of halogens is 1. The number of aliphatic hydroxyl groups is 1. The minimum Gasteiger partial charge on any atom is -0.388 e. The third-order valence-electron chi connectivity index (χ3n) is 3.52. The number of imidazole rings is 1. The molecule has 1 N–H and O–H groups in total. The van der Waals surface area contributed by atoms with E-state index < -0.39 is 6.10 Å². The van der Waals surface area contributed by atoms with Crippen molar-refractivity contribution in [3.05, 3.63) is 63.5 Å². The second-order valence-corrected chi connectivity index (χ2v) is 5.98. The third-order valence-corrected chi connectivity index (χ3v) is 4.50. The maximum atomic E-state index is 10.4. The van der Waals surface area contributed by atoms with Crippen molar-refractivity contribution >= 4 is 33.6 Å². The highest BCUT2D eigenvalue weighted by Gasteiger charge is 2.15. The Bertz CT molecular complexity index is 751. The summed E-state index contributed by atoms with van der Waals surface area (Å²) in [4.78, 5) is 4.61. The number of fused-ring (bicyclic) bond motifs is 1. The first-order valence-electron chi connectivity index (χ1n) is 6.49. The Labute approximate surface area is 131 Å². The summed E-state index contributed by atoms with van der Waals surface area (Å²) in [5.74, 6) is 0.901. The molecule has 1 heterocycles. The van der Waals surface area contributed by atoms with E-state index >= 15 is 0 Å². The lowest BCUT2D eigenvalue weighted by molar-refractivity contribution is 0.174. The molecule has 3 aromatic rings. The summed E-state index contributed by atoms with van der Waals surface area (Å²) in [5.41, 5.74) is 3.03. The minimum absolute atomic E-state index is 0.519. The predicted molar refractivity (Wildman–Crippen MR) is 88.5 cm³/mol. The second kappa shape index (κ2) is 5.54. The first kappa shape index (κ1) is 13.6. The van der Waals surface area contributed by atoms with Gasteiger partial charge < -0.3 is 9.67 Å². The molecule has 0 aliphatic rings. The largest absolute Gasteiger partial charge is 0.388 e. The van der Waals surface area contributed by atoms with Gasteiger partial charge in [-0.05, 0) is 46.4 Å². The molecular weight excluding hydrogens is 363 g/mol. The van der Waals surface area contributed by atoms with E-state index in [-0.39, 0.29) is 0 Å². The van der Waals surface area contributed by atoms with Gasteiger partial charge in [0.15, 0.2) is 0 Å². The van der Waals surface area contributed by atoms with Crippen LogP contribution in [0.25, 0.3) is 11.0 Å². The molecule has 1 aromatic heterocycles. The zero-order valence-electron chi connectivity index (χ0n) is 11.1. The van der Waals surface area contributed by atoms with Crippen LogP contribution in [0, 0.1) is 3.57 Å². The minimum atomic E-state index is -0.529. The van der Waals surface area contributed by atoms with Crippen molar-refractivity contribution in [2.75, 3.05) is 0 Å². The Balaban J connectivity index is 1.93. The van der Waals surface area contributed by atoms with Crippen LogP contribution in [-0.2, 0) is 13.5 Å².